The minimum absolute atomic E-state index is 0.00398. The van der Waals surface area contributed by atoms with E-state index >= 15 is 0 Å². The van der Waals surface area contributed by atoms with Crippen molar-refractivity contribution in [2.24, 2.45) is 0 Å². The van der Waals surface area contributed by atoms with Crippen molar-refractivity contribution in [3.8, 4) is 0 Å². The fourth-order valence-electron chi connectivity index (χ4n) is 6.00. The van der Waals surface area contributed by atoms with Crippen LogP contribution in [0.3, 0.4) is 0 Å². The van der Waals surface area contributed by atoms with E-state index in [2.05, 4.69) is 42.8 Å². The Morgan fingerprint density at radius 2 is 1.25 bits per heavy atom. The molecule has 0 radical (unpaired) electrons. The van der Waals surface area contributed by atoms with Crippen LogP contribution < -0.4 is 20.9 Å². The minimum atomic E-state index is -0.0230. The Balaban J connectivity index is 1.26. The molecule has 3 heterocycles. The zero-order valence-electron chi connectivity index (χ0n) is 25.7. The molecule has 3 N–H and O–H groups in total. The number of likely N-dealkylation sites (tertiary alicyclic amines) is 2. The molecule has 0 unspecified atom stereocenters. The van der Waals surface area contributed by atoms with E-state index in [9.17, 15) is 9.59 Å². The highest BCUT2D eigenvalue weighted by Crippen LogP contribution is 2.31. The van der Waals surface area contributed by atoms with Gasteiger partial charge >= 0.3 is 0 Å². The molecule has 10 nitrogen and oxygen atoms in total. The SMILES string of the molecule is CN(C)c1ccc(Nc2cc(NC(=O)CCN3CCCC3)cc3nc4cc(NC(=O)CCN5CCCC5)ccc4nc23)cc1. The van der Waals surface area contributed by atoms with E-state index < -0.39 is 0 Å². The summed E-state index contributed by atoms with van der Waals surface area (Å²) in [5, 5.41) is 9.62. The number of hydrogen-bond acceptors (Lipinski definition) is 8. The first-order valence-electron chi connectivity index (χ1n) is 15.7. The number of fused-ring (bicyclic) bond motifs is 2. The molecule has 4 aromatic rings. The highest BCUT2D eigenvalue weighted by molar-refractivity contribution is 6.01. The van der Waals surface area contributed by atoms with Crippen LogP contribution in [0.25, 0.3) is 22.1 Å². The second kappa shape index (κ2) is 13.6. The number of benzene rings is 3. The van der Waals surface area contributed by atoms with Crippen LogP contribution in [-0.2, 0) is 9.59 Å². The third kappa shape index (κ3) is 7.43. The first-order chi connectivity index (χ1) is 21.4. The summed E-state index contributed by atoms with van der Waals surface area (Å²) in [4.78, 5) is 42.2. The van der Waals surface area contributed by atoms with Crippen molar-refractivity contribution in [2.75, 3.05) is 74.2 Å². The zero-order chi connectivity index (χ0) is 30.5. The fraction of sp³-hybridized carbons (Fsp3) is 0.412. The van der Waals surface area contributed by atoms with Gasteiger partial charge in [-0.1, -0.05) is 0 Å². The molecule has 2 aliphatic rings. The topological polar surface area (TPSA) is 106 Å². The highest BCUT2D eigenvalue weighted by atomic mass is 16.2. The van der Waals surface area contributed by atoms with Crippen LogP contribution in [0, 0.1) is 0 Å². The smallest absolute Gasteiger partial charge is 0.225 e. The maximum absolute atomic E-state index is 12.9. The predicted molar refractivity (Wildman–Crippen MR) is 179 cm³/mol. The molecule has 2 fully saturated rings. The Bertz CT molecular complexity index is 1630. The third-order valence-corrected chi connectivity index (χ3v) is 8.48. The Labute approximate surface area is 258 Å². The summed E-state index contributed by atoms with van der Waals surface area (Å²) < 4.78 is 0. The standard InChI is InChI=1S/C34H42N8O2/c1-40(2)27-10-7-24(8-11-27)35-30-22-26(37-33(44)14-20-42-17-5-6-18-42)23-31-34(30)39-28-12-9-25(21-29(28)38-31)36-32(43)13-19-41-15-3-4-16-41/h7-12,21-23,35H,3-6,13-20H2,1-2H3,(H,36,43)(H,37,44). The number of nitrogens with one attached hydrogen (secondary N) is 3. The normalized spacial score (nSPS) is 15.6. The van der Waals surface area contributed by atoms with Crippen molar-refractivity contribution in [1.82, 2.24) is 19.8 Å². The van der Waals surface area contributed by atoms with Crippen LogP contribution in [-0.4, -0.2) is 84.9 Å². The molecule has 0 aliphatic carbocycles. The van der Waals surface area contributed by atoms with E-state index in [1.807, 2.05) is 56.6 Å². The first-order valence-corrected chi connectivity index (χ1v) is 15.7. The summed E-state index contributed by atoms with van der Waals surface area (Å²) >= 11 is 0. The molecule has 2 aliphatic heterocycles. The first kappa shape index (κ1) is 29.8. The zero-order valence-corrected chi connectivity index (χ0v) is 25.7. The van der Waals surface area contributed by atoms with Crippen LogP contribution in [0.4, 0.5) is 28.4 Å². The molecule has 230 valence electrons. The van der Waals surface area contributed by atoms with E-state index in [1.54, 1.807) is 0 Å². The van der Waals surface area contributed by atoms with Gasteiger partial charge in [-0.05, 0) is 106 Å². The molecule has 3 aromatic carbocycles. The number of carbonyl (C=O) groups excluding carboxylic acids is 2. The number of hydrogen-bond donors (Lipinski definition) is 3. The summed E-state index contributed by atoms with van der Waals surface area (Å²) in [7, 11) is 4.02. The third-order valence-electron chi connectivity index (χ3n) is 8.48. The van der Waals surface area contributed by atoms with Gasteiger partial charge in [0.1, 0.15) is 5.52 Å². The van der Waals surface area contributed by atoms with Crippen LogP contribution >= 0.6 is 0 Å². The van der Waals surface area contributed by atoms with Crippen LogP contribution in [0.5, 0.6) is 0 Å². The molecule has 10 heteroatoms. The summed E-state index contributed by atoms with van der Waals surface area (Å²) in [5.74, 6) is -0.0269. The molecule has 0 saturated carbocycles. The second-order valence-electron chi connectivity index (χ2n) is 12.1. The van der Waals surface area contributed by atoms with Gasteiger partial charge in [-0.3, -0.25) is 9.59 Å². The Hall–Kier alpha value is -4.28. The largest absolute Gasteiger partial charge is 0.378 e. The number of nitrogens with zero attached hydrogens (tertiary/aromatic N) is 5. The van der Waals surface area contributed by atoms with Crippen molar-refractivity contribution in [3.63, 3.8) is 0 Å². The lowest BCUT2D eigenvalue weighted by Crippen LogP contribution is -2.25. The molecule has 0 spiro atoms. The molecule has 0 bridgehead atoms. The number of aromatic nitrogens is 2. The van der Waals surface area contributed by atoms with Crippen molar-refractivity contribution in [3.05, 3.63) is 54.6 Å². The van der Waals surface area contributed by atoms with Gasteiger partial charge in [0, 0.05) is 62.8 Å². The lowest BCUT2D eigenvalue weighted by molar-refractivity contribution is -0.117. The summed E-state index contributed by atoms with van der Waals surface area (Å²) in [6.45, 7) is 5.82. The summed E-state index contributed by atoms with van der Waals surface area (Å²) in [6.07, 6.45) is 5.73. The van der Waals surface area contributed by atoms with Gasteiger partial charge in [0.15, 0.2) is 0 Å². The average Bonchev–Trinajstić information content (AvgIpc) is 3.73. The van der Waals surface area contributed by atoms with Crippen molar-refractivity contribution < 1.29 is 9.59 Å². The second-order valence-corrected chi connectivity index (χ2v) is 12.1. The molecule has 44 heavy (non-hydrogen) atoms. The van der Waals surface area contributed by atoms with E-state index in [0.29, 0.717) is 40.8 Å². The minimum Gasteiger partial charge on any atom is -0.378 e. The lowest BCUT2D eigenvalue weighted by atomic mass is 10.1. The maximum Gasteiger partial charge on any atom is 0.225 e. The van der Waals surface area contributed by atoms with Gasteiger partial charge in [0.25, 0.3) is 0 Å². The average molecular weight is 595 g/mol. The lowest BCUT2D eigenvalue weighted by Gasteiger charge is -2.16. The van der Waals surface area contributed by atoms with Crippen LogP contribution in [0.2, 0.25) is 0 Å². The number of rotatable bonds is 11. The molecular weight excluding hydrogens is 552 g/mol. The van der Waals surface area contributed by atoms with E-state index in [-0.39, 0.29) is 11.8 Å². The summed E-state index contributed by atoms with van der Waals surface area (Å²) in [6, 6.07) is 17.6. The van der Waals surface area contributed by atoms with Gasteiger partial charge in [-0.15, -0.1) is 0 Å². The number of carbonyl (C=O) groups is 2. The molecule has 0 atom stereocenters. The van der Waals surface area contributed by atoms with Crippen molar-refractivity contribution in [2.45, 2.75) is 38.5 Å². The van der Waals surface area contributed by atoms with Gasteiger partial charge in [0.05, 0.1) is 22.2 Å². The number of amides is 2. The van der Waals surface area contributed by atoms with E-state index in [4.69, 9.17) is 9.97 Å². The van der Waals surface area contributed by atoms with Gasteiger partial charge in [-0.2, -0.15) is 0 Å². The quantitative estimate of drug-likeness (QED) is 0.197. The maximum atomic E-state index is 12.9. The molecular formula is C34H42N8O2. The highest BCUT2D eigenvalue weighted by Gasteiger charge is 2.16. The molecule has 1 aromatic heterocycles. The number of anilines is 5. The predicted octanol–water partition coefficient (Wildman–Crippen LogP) is 5.44. The Kier molecular flexibility index (Phi) is 9.18. The fourth-order valence-corrected chi connectivity index (χ4v) is 6.00. The molecule has 2 saturated heterocycles. The van der Waals surface area contributed by atoms with Crippen molar-refractivity contribution in [1.29, 1.82) is 0 Å². The van der Waals surface area contributed by atoms with Gasteiger partial charge in [-0.25, -0.2) is 9.97 Å². The van der Waals surface area contributed by atoms with Crippen LogP contribution in [0.15, 0.2) is 54.6 Å². The van der Waals surface area contributed by atoms with Gasteiger partial charge < -0.3 is 30.7 Å². The molecule has 6 rings (SSSR count). The van der Waals surface area contributed by atoms with E-state index in [1.165, 1.54) is 25.7 Å². The van der Waals surface area contributed by atoms with Gasteiger partial charge in [0.2, 0.25) is 11.8 Å². The van der Waals surface area contributed by atoms with Crippen molar-refractivity contribution >= 4 is 62.3 Å². The monoisotopic (exact) mass is 594 g/mol. The summed E-state index contributed by atoms with van der Waals surface area (Å²) in [5.41, 5.74) is 6.87. The molecule has 2 amide bonds. The Morgan fingerprint density at radius 1 is 0.682 bits per heavy atom. The van der Waals surface area contributed by atoms with E-state index in [0.717, 1.165) is 61.8 Å². The van der Waals surface area contributed by atoms with Crippen LogP contribution in [0.1, 0.15) is 38.5 Å². The Morgan fingerprint density at radius 3 is 1.86 bits per heavy atom.